The van der Waals surface area contributed by atoms with Crippen molar-refractivity contribution in [3.63, 3.8) is 0 Å². The Hall–Kier alpha value is -4.53. The lowest BCUT2D eigenvalue weighted by Crippen LogP contribution is -2.63. The number of alkyl halides is 1. The van der Waals surface area contributed by atoms with E-state index in [1.807, 2.05) is 67.3 Å². The third-order valence-electron chi connectivity index (χ3n) is 8.63. The van der Waals surface area contributed by atoms with Crippen molar-refractivity contribution in [2.24, 2.45) is 4.99 Å². The number of aliphatic carboxylic acids is 4. The summed E-state index contributed by atoms with van der Waals surface area (Å²) in [7, 11) is 0. The van der Waals surface area contributed by atoms with Gasteiger partial charge in [0.25, 0.3) is 0 Å². The zero-order chi connectivity index (χ0) is 34.1. The molecule has 3 aromatic carbocycles. The highest BCUT2D eigenvalue weighted by atomic mass is 79.9. The minimum absolute atomic E-state index is 0.0521. The first-order chi connectivity index (χ1) is 22.3. The van der Waals surface area contributed by atoms with E-state index < -0.39 is 61.2 Å². The highest BCUT2D eigenvalue weighted by molar-refractivity contribution is 9.08. The van der Waals surface area contributed by atoms with Crippen LogP contribution in [0.5, 0.6) is 5.75 Å². The van der Waals surface area contributed by atoms with E-state index in [1.165, 1.54) is 9.80 Å². The fourth-order valence-electron chi connectivity index (χ4n) is 6.51. The molecule has 2 heterocycles. The monoisotopic (exact) mass is 710 g/mol. The number of rotatable bonds is 14. The van der Waals surface area contributed by atoms with Crippen LogP contribution in [0.1, 0.15) is 30.5 Å². The summed E-state index contributed by atoms with van der Waals surface area (Å²) in [6.45, 7) is 2.25. The number of ether oxygens (including phenoxy) is 1. The number of hydrogen-bond acceptors (Lipinski definition) is 9. The van der Waals surface area contributed by atoms with E-state index in [4.69, 9.17) is 9.73 Å². The third kappa shape index (κ3) is 6.66. The standard InChI is InChI=1S/C33H35BrN4O9/c1-32(2)24-8-7-20(13-34)11-25(24)38(10-9-36(15-26(39)40)16-27(41)42)33(32)19-35-30-23-6-4-3-5-21(23)12-22(31(30)47-33)14-37(17-28(43)44)18-29(45)46/h3-8,11-12,19H,9-10,13-18H2,1-2H3,(H,39,40)(H,41,42)(H,43,44)(H,45,46). The van der Waals surface area contributed by atoms with Crippen LogP contribution in [0, 0.1) is 0 Å². The number of aliphatic imine (C=N–C) groups is 1. The van der Waals surface area contributed by atoms with Crippen LogP contribution >= 0.6 is 15.9 Å². The van der Waals surface area contributed by atoms with Gasteiger partial charge >= 0.3 is 23.9 Å². The van der Waals surface area contributed by atoms with E-state index in [0.717, 1.165) is 27.6 Å². The highest BCUT2D eigenvalue weighted by Gasteiger charge is 2.60. The molecule has 2 aliphatic rings. The summed E-state index contributed by atoms with van der Waals surface area (Å²) >= 11 is 3.53. The predicted molar refractivity (Wildman–Crippen MR) is 177 cm³/mol. The van der Waals surface area contributed by atoms with E-state index in [1.54, 1.807) is 6.21 Å². The van der Waals surface area contributed by atoms with Crippen LogP contribution in [0.4, 0.5) is 11.4 Å². The Morgan fingerprint density at radius 3 is 2.11 bits per heavy atom. The van der Waals surface area contributed by atoms with Crippen molar-refractivity contribution in [3.05, 3.63) is 65.2 Å². The molecule has 14 heteroatoms. The molecule has 0 aromatic heterocycles. The van der Waals surface area contributed by atoms with Gasteiger partial charge in [0.2, 0.25) is 5.72 Å². The SMILES string of the molecule is CC1(C)c2ccc(CBr)cc2N(CCN(CC(=O)O)CC(=O)O)C12C=Nc1c(c(CN(CC(=O)O)CC(=O)O)cc3ccccc13)O2. The Kier molecular flexibility index (Phi) is 9.57. The normalized spacial score (nSPS) is 17.6. The largest absolute Gasteiger partial charge is 0.480 e. The van der Waals surface area contributed by atoms with Crippen molar-refractivity contribution in [2.75, 3.05) is 44.2 Å². The second-order valence-corrected chi connectivity index (χ2v) is 12.7. The van der Waals surface area contributed by atoms with Crippen LogP contribution < -0.4 is 9.64 Å². The molecule has 0 saturated carbocycles. The van der Waals surface area contributed by atoms with E-state index in [2.05, 4.69) is 15.9 Å². The summed E-state index contributed by atoms with van der Waals surface area (Å²) in [5, 5.41) is 40.2. The molecule has 5 rings (SSSR count). The first-order valence-corrected chi connectivity index (χ1v) is 16.0. The van der Waals surface area contributed by atoms with Gasteiger partial charge in [0.15, 0.2) is 5.75 Å². The Morgan fingerprint density at radius 1 is 0.872 bits per heavy atom. The van der Waals surface area contributed by atoms with E-state index in [-0.39, 0.29) is 19.6 Å². The lowest BCUT2D eigenvalue weighted by atomic mass is 9.77. The number of carboxylic acid groups (broad SMARTS) is 4. The maximum Gasteiger partial charge on any atom is 0.317 e. The van der Waals surface area contributed by atoms with Crippen LogP contribution in [0.25, 0.3) is 10.8 Å². The molecule has 13 nitrogen and oxygen atoms in total. The van der Waals surface area contributed by atoms with Crippen molar-refractivity contribution in [1.82, 2.24) is 9.80 Å². The van der Waals surface area contributed by atoms with Gasteiger partial charge in [-0.05, 0) is 42.5 Å². The molecule has 0 bridgehead atoms. The highest BCUT2D eigenvalue weighted by Crippen LogP contribution is 2.56. The molecule has 1 unspecified atom stereocenters. The lowest BCUT2D eigenvalue weighted by molar-refractivity contribution is -0.143. The summed E-state index contributed by atoms with van der Waals surface area (Å²) in [5.41, 5.74) is 1.74. The maximum absolute atomic E-state index is 11.7. The summed E-state index contributed by atoms with van der Waals surface area (Å²) in [5.74, 6) is -4.29. The molecule has 1 spiro atoms. The number of hydrogen-bond donors (Lipinski definition) is 4. The van der Waals surface area contributed by atoms with Crippen LogP contribution in [-0.2, 0) is 36.5 Å². The Labute approximate surface area is 278 Å². The minimum Gasteiger partial charge on any atom is -0.480 e. The summed E-state index contributed by atoms with van der Waals surface area (Å²) < 4.78 is 7.10. The topological polar surface area (TPSA) is 181 Å². The first-order valence-electron chi connectivity index (χ1n) is 14.8. The molecule has 248 valence electrons. The van der Waals surface area contributed by atoms with Crippen molar-refractivity contribution in [3.8, 4) is 5.75 Å². The molecular formula is C33H35BrN4O9. The summed E-state index contributed by atoms with van der Waals surface area (Å²) in [4.78, 5) is 56.1. The number of anilines is 1. The molecule has 1 atom stereocenters. The molecule has 0 aliphatic carbocycles. The molecule has 2 aliphatic heterocycles. The Morgan fingerprint density at radius 2 is 1.49 bits per heavy atom. The number of halogens is 1. The zero-order valence-corrected chi connectivity index (χ0v) is 27.4. The lowest BCUT2D eigenvalue weighted by Gasteiger charge is -2.47. The fraction of sp³-hybridized carbons (Fsp3) is 0.364. The quantitative estimate of drug-likeness (QED) is 0.178. The summed E-state index contributed by atoms with van der Waals surface area (Å²) in [6, 6.07) is 15.4. The molecule has 0 fully saturated rings. The van der Waals surface area contributed by atoms with Gasteiger partial charge in [0, 0.05) is 41.6 Å². The van der Waals surface area contributed by atoms with Gasteiger partial charge in [0.1, 0.15) is 5.69 Å². The molecule has 0 radical (unpaired) electrons. The number of benzene rings is 3. The number of carboxylic acids is 4. The summed E-state index contributed by atoms with van der Waals surface area (Å²) in [6.07, 6.45) is 1.73. The van der Waals surface area contributed by atoms with Crippen molar-refractivity contribution < 1.29 is 44.3 Å². The van der Waals surface area contributed by atoms with Crippen LogP contribution in [0.3, 0.4) is 0 Å². The molecule has 3 aromatic rings. The predicted octanol–water partition coefficient (Wildman–Crippen LogP) is 3.77. The fourth-order valence-corrected chi connectivity index (χ4v) is 6.86. The van der Waals surface area contributed by atoms with Gasteiger partial charge < -0.3 is 30.1 Å². The minimum atomic E-state index is -1.28. The molecule has 47 heavy (non-hydrogen) atoms. The van der Waals surface area contributed by atoms with Gasteiger partial charge in [-0.3, -0.25) is 34.0 Å². The van der Waals surface area contributed by atoms with Crippen LogP contribution in [0.15, 0.2) is 53.5 Å². The van der Waals surface area contributed by atoms with E-state index in [0.29, 0.717) is 22.3 Å². The van der Waals surface area contributed by atoms with Gasteiger partial charge in [-0.1, -0.05) is 52.3 Å². The van der Waals surface area contributed by atoms with Crippen LogP contribution in [0.2, 0.25) is 0 Å². The second kappa shape index (κ2) is 13.3. The second-order valence-electron chi connectivity index (χ2n) is 12.2. The Balaban J connectivity index is 1.65. The molecular weight excluding hydrogens is 676 g/mol. The van der Waals surface area contributed by atoms with Crippen molar-refractivity contribution in [1.29, 1.82) is 0 Å². The van der Waals surface area contributed by atoms with Gasteiger partial charge in [-0.15, -0.1) is 0 Å². The number of fused-ring (bicyclic) bond motifs is 4. The average Bonchev–Trinajstić information content (AvgIpc) is 3.16. The molecule has 0 amide bonds. The number of nitrogens with zero attached hydrogens (tertiary/aromatic N) is 4. The van der Waals surface area contributed by atoms with Crippen molar-refractivity contribution in [2.45, 2.75) is 36.9 Å². The smallest absolute Gasteiger partial charge is 0.317 e. The molecule has 4 N–H and O–H groups in total. The van der Waals surface area contributed by atoms with Gasteiger partial charge in [0.05, 0.1) is 37.8 Å². The maximum atomic E-state index is 11.7. The average molecular weight is 712 g/mol. The first kappa shape index (κ1) is 33.8. The van der Waals surface area contributed by atoms with Crippen molar-refractivity contribution >= 4 is 68.2 Å². The third-order valence-corrected chi connectivity index (χ3v) is 9.27. The van der Waals surface area contributed by atoms with Gasteiger partial charge in [-0.2, -0.15) is 0 Å². The van der Waals surface area contributed by atoms with E-state index >= 15 is 0 Å². The number of carbonyl (C=O) groups is 4. The zero-order valence-electron chi connectivity index (χ0n) is 25.8. The van der Waals surface area contributed by atoms with Crippen LogP contribution in [-0.4, -0.2) is 105 Å². The molecule has 0 saturated heterocycles. The van der Waals surface area contributed by atoms with E-state index in [9.17, 15) is 39.6 Å². The Bertz CT molecular complexity index is 1750. The van der Waals surface area contributed by atoms with Gasteiger partial charge in [-0.25, -0.2) is 0 Å².